The topological polar surface area (TPSA) is 72.9 Å². The van der Waals surface area contributed by atoms with E-state index in [2.05, 4.69) is 4.74 Å². The van der Waals surface area contributed by atoms with Gasteiger partial charge in [0.1, 0.15) is 5.75 Å². The van der Waals surface area contributed by atoms with Crippen LogP contribution in [0.3, 0.4) is 0 Å². The molecule has 0 fully saturated rings. The van der Waals surface area contributed by atoms with Crippen molar-refractivity contribution in [1.82, 2.24) is 0 Å². The molecule has 0 spiro atoms. The number of rotatable bonds is 3. The van der Waals surface area contributed by atoms with E-state index in [1.807, 2.05) is 0 Å². The van der Waals surface area contributed by atoms with E-state index in [1.165, 1.54) is 25.1 Å². The lowest BCUT2D eigenvalue weighted by molar-refractivity contribution is -0.142. The quantitative estimate of drug-likeness (QED) is 0.572. The first-order chi connectivity index (χ1) is 8.56. The highest BCUT2D eigenvalue weighted by Gasteiger charge is 2.36. The lowest BCUT2D eigenvalue weighted by Crippen LogP contribution is -2.24. The number of carbonyl (C=O) groups is 3. The summed E-state index contributed by atoms with van der Waals surface area (Å²) in [5.74, 6) is -1.59. The lowest BCUT2D eigenvalue weighted by atomic mass is 10.1. The molecule has 94 valence electrons. The molecular formula is C12H11NO5. The number of ether oxygens (including phenoxy) is 2. The van der Waals surface area contributed by atoms with Crippen LogP contribution in [-0.2, 0) is 14.3 Å². The van der Waals surface area contributed by atoms with Gasteiger partial charge in [-0.2, -0.15) is 0 Å². The van der Waals surface area contributed by atoms with Crippen molar-refractivity contribution in [2.45, 2.75) is 0 Å². The molecule has 1 aromatic rings. The summed E-state index contributed by atoms with van der Waals surface area (Å²) >= 11 is 0. The SMILES string of the molecule is COC(=O)COc1cccc2c1C(=O)C(=O)N2C. The molecule has 1 aliphatic heterocycles. The van der Waals surface area contributed by atoms with Crippen LogP contribution in [0.4, 0.5) is 5.69 Å². The first kappa shape index (κ1) is 12.1. The highest BCUT2D eigenvalue weighted by Crippen LogP contribution is 2.34. The van der Waals surface area contributed by atoms with Gasteiger partial charge in [0, 0.05) is 7.05 Å². The summed E-state index contributed by atoms with van der Waals surface area (Å²) in [4.78, 5) is 35.5. The van der Waals surface area contributed by atoms with Gasteiger partial charge in [-0.3, -0.25) is 9.59 Å². The molecule has 0 aromatic heterocycles. The summed E-state index contributed by atoms with van der Waals surface area (Å²) in [6.45, 7) is -0.307. The molecule has 0 saturated heterocycles. The Hall–Kier alpha value is -2.37. The Morgan fingerprint density at radius 3 is 2.72 bits per heavy atom. The Balaban J connectivity index is 2.32. The first-order valence-corrected chi connectivity index (χ1v) is 5.21. The van der Waals surface area contributed by atoms with Crippen molar-refractivity contribution < 1.29 is 23.9 Å². The van der Waals surface area contributed by atoms with Crippen LogP contribution in [0.1, 0.15) is 10.4 Å². The van der Waals surface area contributed by atoms with Crippen LogP contribution in [-0.4, -0.2) is 38.4 Å². The molecule has 2 rings (SSSR count). The van der Waals surface area contributed by atoms with E-state index in [0.717, 1.165) is 0 Å². The normalized spacial score (nSPS) is 13.6. The maximum absolute atomic E-state index is 11.8. The summed E-state index contributed by atoms with van der Waals surface area (Å²) in [7, 11) is 2.75. The zero-order valence-corrected chi connectivity index (χ0v) is 9.93. The van der Waals surface area contributed by atoms with Gasteiger partial charge in [-0.15, -0.1) is 0 Å². The predicted octanol–water partition coefficient (Wildman–Crippen LogP) is 0.397. The van der Waals surface area contributed by atoms with Crippen LogP contribution in [0.2, 0.25) is 0 Å². The smallest absolute Gasteiger partial charge is 0.343 e. The molecule has 1 aromatic carbocycles. The van der Waals surface area contributed by atoms with Gasteiger partial charge >= 0.3 is 5.97 Å². The Morgan fingerprint density at radius 2 is 2.06 bits per heavy atom. The molecular weight excluding hydrogens is 238 g/mol. The molecule has 18 heavy (non-hydrogen) atoms. The van der Waals surface area contributed by atoms with Gasteiger partial charge in [-0.1, -0.05) is 6.07 Å². The minimum atomic E-state index is -0.632. The van der Waals surface area contributed by atoms with Gasteiger partial charge in [0.15, 0.2) is 6.61 Å². The number of methoxy groups -OCH3 is 1. The number of nitrogens with zero attached hydrogens (tertiary/aromatic N) is 1. The van der Waals surface area contributed by atoms with Crippen molar-refractivity contribution in [3.05, 3.63) is 23.8 Å². The molecule has 0 bridgehead atoms. The largest absolute Gasteiger partial charge is 0.481 e. The minimum Gasteiger partial charge on any atom is -0.481 e. The van der Waals surface area contributed by atoms with Crippen molar-refractivity contribution in [2.24, 2.45) is 0 Å². The van der Waals surface area contributed by atoms with Gasteiger partial charge in [-0.25, -0.2) is 4.79 Å². The fraction of sp³-hybridized carbons (Fsp3) is 0.250. The number of likely N-dealkylation sites (N-methyl/N-ethyl adjacent to an activating group) is 1. The van der Waals surface area contributed by atoms with Crippen molar-refractivity contribution in [3.63, 3.8) is 0 Å². The highest BCUT2D eigenvalue weighted by molar-refractivity contribution is 6.52. The van der Waals surface area contributed by atoms with Gasteiger partial charge < -0.3 is 14.4 Å². The number of hydrogen-bond donors (Lipinski definition) is 0. The van der Waals surface area contributed by atoms with Crippen LogP contribution in [0, 0.1) is 0 Å². The summed E-state index contributed by atoms with van der Waals surface area (Å²) in [6, 6.07) is 4.82. The average Bonchev–Trinajstić information content (AvgIpc) is 2.61. The van der Waals surface area contributed by atoms with Crippen LogP contribution < -0.4 is 9.64 Å². The van der Waals surface area contributed by atoms with E-state index in [1.54, 1.807) is 12.1 Å². The standard InChI is InChI=1S/C12H11NO5/c1-13-7-4-3-5-8(18-6-9(14)17-2)10(7)11(15)12(13)16/h3-5H,6H2,1-2H3. The summed E-state index contributed by atoms with van der Waals surface area (Å²) in [6.07, 6.45) is 0. The third-order valence-corrected chi connectivity index (χ3v) is 2.66. The molecule has 1 heterocycles. The zero-order valence-electron chi connectivity index (χ0n) is 9.93. The van der Waals surface area contributed by atoms with Gasteiger partial charge in [-0.05, 0) is 12.1 Å². The summed E-state index contributed by atoms with van der Waals surface area (Å²) in [5, 5.41) is 0. The maximum Gasteiger partial charge on any atom is 0.343 e. The van der Waals surface area contributed by atoms with E-state index in [9.17, 15) is 14.4 Å². The molecule has 1 amide bonds. The summed E-state index contributed by atoms with van der Waals surface area (Å²) in [5.41, 5.74) is 0.668. The van der Waals surface area contributed by atoms with Gasteiger partial charge in [0.05, 0.1) is 18.4 Å². The number of ketones is 1. The molecule has 0 radical (unpaired) electrons. The highest BCUT2D eigenvalue weighted by atomic mass is 16.6. The third kappa shape index (κ3) is 1.81. The number of hydrogen-bond acceptors (Lipinski definition) is 5. The monoisotopic (exact) mass is 249 g/mol. The Morgan fingerprint density at radius 1 is 1.33 bits per heavy atom. The Bertz CT molecular complexity index is 537. The number of fused-ring (bicyclic) bond motifs is 1. The van der Waals surface area contributed by atoms with E-state index >= 15 is 0 Å². The fourth-order valence-electron chi connectivity index (χ4n) is 1.71. The zero-order chi connectivity index (χ0) is 13.3. The second kappa shape index (κ2) is 4.48. The van der Waals surface area contributed by atoms with E-state index in [4.69, 9.17) is 4.74 Å². The molecule has 1 aliphatic rings. The minimum absolute atomic E-state index is 0.189. The molecule has 0 unspecified atom stereocenters. The number of anilines is 1. The van der Waals surface area contributed by atoms with Gasteiger partial charge in [0.25, 0.3) is 11.7 Å². The Labute approximate surface area is 103 Å². The lowest BCUT2D eigenvalue weighted by Gasteiger charge is -2.10. The van der Waals surface area contributed by atoms with Gasteiger partial charge in [0.2, 0.25) is 0 Å². The number of esters is 1. The van der Waals surface area contributed by atoms with Crippen LogP contribution in [0.15, 0.2) is 18.2 Å². The molecule has 0 atom stereocenters. The van der Waals surface area contributed by atoms with Crippen LogP contribution in [0.25, 0.3) is 0 Å². The van der Waals surface area contributed by atoms with Crippen LogP contribution >= 0.6 is 0 Å². The maximum atomic E-state index is 11.8. The molecule has 0 saturated carbocycles. The fourth-order valence-corrected chi connectivity index (χ4v) is 1.71. The van der Waals surface area contributed by atoms with E-state index in [0.29, 0.717) is 5.69 Å². The Kier molecular flexibility index (Phi) is 3.01. The second-order valence-corrected chi connectivity index (χ2v) is 3.71. The molecule has 6 heteroatoms. The predicted molar refractivity (Wildman–Crippen MR) is 61.7 cm³/mol. The number of Topliss-reactive ketones (excluding diaryl/α,β-unsaturated/α-hetero) is 1. The van der Waals surface area contributed by atoms with Crippen molar-refractivity contribution in [3.8, 4) is 5.75 Å². The molecule has 0 N–H and O–H groups in total. The molecule has 6 nitrogen and oxygen atoms in total. The average molecular weight is 249 g/mol. The van der Waals surface area contributed by atoms with Crippen molar-refractivity contribution in [1.29, 1.82) is 0 Å². The first-order valence-electron chi connectivity index (χ1n) is 5.21. The summed E-state index contributed by atoms with van der Waals surface area (Å²) < 4.78 is 9.63. The van der Waals surface area contributed by atoms with E-state index in [-0.39, 0.29) is 17.9 Å². The number of carbonyl (C=O) groups excluding carboxylic acids is 3. The van der Waals surface area contributed by atoms with Crippen LogP contribution in [0.5, 0.6) is 5.75 Å². The third-order valence-electron chi connectivity index (χ3n) is 2.66. The van der Waals surface area contributed by atoms with Crippen molar-refractivity contribution >= 4 is 23.3 Å². The number of benzene rings is 1. The molecule has 0 aliphatic carbocycles. The van der Waals surface area contributed by atoms with E-state index < -0.39 is 17.7 Å². The second-order valence-electron chi connectivity index (χ2n) is 3.71. The van der Waals surface area contributed by atoms with Crippen molar-refractivity contribution in [2.75, 3.05) is 25.7 Å². The number of amides is 1.